The number of hydrogen-bond acceptors (Lipinski definition) is 4. The number of benzene rings is 2. The first-order chi connectivity index (χ1) is 12.9. The van der Waals surface area contributed by atoms with Crippen molar-refractivity contribution in [3.05, 3.63) is 65.5 Å². The molecule has 0 bridgehead atoms. The highest BCUT2D eigenvalue weighted by molar-refractivity contribution is 5.88. The van der Waals surface area contributed by atoms with Gasteiger partial charge in [-0.05, 0) is 36.7 Å². The highest BCUT2D eigenvalue weighted by atomic mass is 19.1. The van der Waals surface area contributed by atoms with E-state index in [0.29, 0.717) is 0 Å². The number of fused-ring (bicyclic) bond motifs is 1. The lowest BCUT2D eigenvalue weighted by molar-refractivity contribution is -0.146. The lowest BCUT2D eigenvalue weighted by atomic mass is 9.84. The Kier molecular flexibility index (Phi) is 6.73. The van der Waals surface area contributed by atoms with E-state index in [0.717, 1.165) is 25.1 Å². The summed E-state index contributed by atoms with van der Waals surface area (Å²) in [4.78, 5) is 22.4. The van der Waals surface area contributed by atoms with Crippen molar-refractivity contribution in [3.8, 4) is 5.75 Å². The highest BCUT2D eigenvalue weighted by Crippen LogP contribution is 2.37. The largest absolute Gasteiger partial charge is 0.493 e. The van der Waals surface area contributed by atoms with E-state index in [2.05, 4.69) is 17.4 Å². The van der Waals surface area contributed by atoms with E-state index in [-0.39, 0.29) is 24.3 Å². The lowest BCUT2D eigenvalue weighted by Gasteiger charge is -2.35. The first-order valence-corrected chi connectivity index (χ1v) is 8.37. The molecule has 144 valence electrons. The van der Waals surface area contributed by atoms with Gasteiger partial charge in [-0.1, -0.05) is 30.3 Å². The number of amides is 2. The molecule has 0 saturated heterocycles. The van der Waals surface area contributed by atoms with Crippen LogP contribution in [0.2, 0.25) is 0 Å². The number of primary amides is 1. The minimum atomic E-state index is -1.75. The van der Waals surface area contributed by atoms with Gasteiger partial charge >= 0.3 is 12.0 Å². The van der Waals surface area contributed by atoms with Crippen LogP contribution in [0.1, 0.15) is 17.5 Å². The Morgan fingerprint density at radius 1 is 1.22 bits per heavy atom. The standard InChI is InChI=1S/C11H11FN2O4.C8H11N/c12-6-1-2-8-7(5-6)11(9(15)16,3-4-18-8)14-10(13)17;9-7-6-8-4-2-1-3-5-8/h1-2,5H,3-4H2,(H,15,16)(H3,13,14,17);1-5H,6-7,9H2/t11-;/m1./s1. The number of ether oxygens (including phenoxy) is 1. The predicted molar refractivity (Wildman–Crippen MR) is 97.7 cm³/mol. The maximum atomic E-state index is 13.2. The summed E-state index contributed by atoms with van der Waals surface area (Å²) in [6.45, 7) is 0.829. The first kappa shape index (κ1) is 20.2. The van der Waals surface area contributed by atoms with Crippen molar-refractivity contribution in [2.24, 2.45) is 11.5 Å². The fourth-order valence-corrected chi connectivity index (χ4v) is 2.84. The maximum Gasteiger partial charge on any atom is 0.334 e. The van der Waals surface area contributed by atoms with Gasteiger partial charge in [0.1, 0.15) is 11.6 Å². The molecule has 2 aromatic rings. The molecule has 8 heteroatoms. The summed E-state index contributed by atoms with van der Waals surface area (Å²) < 4.78 is 18.5. The number of carboxylic acid groups (broad SMARTS) is 1. The molecule has 1 aliphatic rings. The summed E-state index contributed by atoms with van der Waals surface area (Å²) in [5.41, 5.74) is 9.98. The van der Waals surface area contributed by atoms with E-state index in [1.54, 1.807) is 0 Å². The van der Waals surface area contributed by atoms with Gasteiger partial charge in [0.25, 0.3) is 0 Å². The van der Waals surface area contributed by atoms with Crippen LogP contribution >= 0.6 is 0 Å². The fourth-order valence-electron chi connectivity index (χ4n) is 2.84. The van der Waals surface area contributed by atoms with Crippen molar-refractivity contribution in [1.29, 1.82) is 0 Å². The summed E-state index contributed by atoms with van der Waals surface area (Å²) in [7, 11) is 0. The Morgan fingerprint density at radius 3 is 2.52 bits per heavy atom. The van der Waals surface area contributed by atoms with Crippen molar-refractivity contribution < 1.29 is 23.8 Å². The molecule has 0 spiro atoms. The monoisotopic (exact) mass is 375 g/mol. The Morgan fingerprint density at radius 2 is 1.93 bits per heavy atom. The molecule has 0 aromatic heterocycles. The van der Waals surface area contributed by atoms with Gasteiger partial charge in [0.05, 0.1) is 6.61 Å². The van der Waals surface area contributed by atoms with Crippen molar-refractivity contribution >= 4 is 12.0 Å². The number of carbonyl (C=O) groups is 2. The zero-order chi connectivity index (χ0) is 19.9. The molecule has 1 atom stereocenters. The van der Waals surface area contributed by atoms with Crippen LogP contribution in [0.15, 0.2) is 48.5 Å². The minimum absolute atomic E-state index is 0.0261. The third-order valence-corrected chi connectivity index (χ3v) is 4.11. The van der Waals surface area contributed by atoms with Crippen LogP contribution in [0.4, 0.5) is 9.18 Å². The van der Waals surface area contributed by atoms with Crippen LogP contribution in [0.5, 0.6) is 5.75 Å². The van der Waals surface area contributed by atoms with E-state index in [1.807, 2.05) is 18.2 Å². The van der Waals surface area contributed by atoms with Crippen molar-refractivity contribution in [2.75, 3.05) is 13.2 Å². The molecule has 27 heavy (non-hydrogen) atoms. The number of carbonyl (C=O) groups excluding carboxylic acids is 1. The van der Waals surface area contributed by atoms with Crippen LogP contribution in [0, 0.1) is 5.82 Å². The smallest absolute Gasteiger partial charge is 0.334 e. The SMILES string of the molecule is NC(=O)N[C@]1(C(=O)O)CCOc2ccc(F)cc21.NCCc1ccccc1. The van der Waals surface area contributed by atoms with E-state index in [9.17, 15) is 19.1 Å². The summed E-state index contributed by atoms with van der Waals surface area (Å²) in [5, 5.41) is 11.5. The number of nitrogens with two attached hydrogens (primary N) is 2. The summed E-state index contributed by atoms with van der Waals surface area (Å²) in [6, 6.07) is 12.8. The van der Waals surface area contributed by atoms with Gasteiger partial charge in [0, 0.05) is 12.0 Å². The van der Waals surface area contributed by atoms with Gasteiger partial charge in [-0.3, -0.25) is 0 Å². The molecule has 3 rings (SSSR count). The zero-order valence-electron chi connectivity index (χ0n) is 14.7. The molecular formula is C19H22FN3O4. The van der Waals surface area contributed by atoms with Crippen LogP contribution in [-0.2, 0) is 16.8 Å². The van der Waals surface area contributed by atoms with Crippen LogP contribution < -0.4 is 21.5 Å². The first-order valence-electron chi connectivity index (χ1n) is 8.37. The predicted octanol–water partition coefficient (Wildman–Crippen LogP) is 1.74. The minimum Gasteiger partial charge on any atom is -0.493 e. The van der Waals surface area contributed by atoms with Gasteiger partial charge in [0.2, 0.25) is 0 Å². The summed E-state index contributed by atoms with van der Waals surface area (Å²) >= 11 is 0. The molecule has 0 saturated carbocycles. The Labute approximate surface area is 156 Å². The van der Waals surface area contributed by atoms with Gasteiger partial charge in [-0.25, -0.2) is 14.0 Å². The second-order valence-electron chi connectivity index (χ2n) is 5.96. The molecule has 0 fully saturated rings. The van der Waals surface area contributed by atoms with Crippen molar-refractivity contribution in [1.82, 2.24) is 5.32 Å². The maximum absolute atomic E-state index is 13.2. The molecule has 2 aromatic carbocycles. The Bertz CT molecular complexity index is 801. The van der Waals surface area contributed by atoms with E-state index in [1.165, 1.54) is 11.6 Å². The molecule has 0 unspecified atom stereocenters. The third-order valence-electron chi connectivity index (χ3n) is 4.11. The van der Waals surface area contributed by atoms with Crippen molar-refractivity contribution in [3.63, 3.8) is 0 Å². The van der Waals surface area contributed by atoms with Crippen LogP contribution in [0.3, 0.4) is 0 Å². The van der Waals surface area contributed by atoms with Crippen LogP contribution in [0.25, 0.3) is 0 Å². The molecular weight excluding hydrogens is 353 g/mol. The Hall–Kier alpha value is -3.13. The fraction of sp³-hybridized carbons (Fsp3) is 0.263. The average Bonchev–Trinajstić information content (AvgIpc) is 2.63. The Balaban J connectivity index is 0.000000244. The number of nitrogens with one attached hydrogen (secondary N) is 1. The van der Waals surface area contributed by atoms with E-state index >= 15 is 0 Å². The molecule has 0 aliphatic carbocycles. The van der Waals surface area contributed by atoms with E-state index < -0.39 is 23.4 Å². The van der Waals surface area contributed by atoms with Gasteiger partial charge < -0.3 is 26.6 Å². The topological polar surface area (TPSA) is 128 Å². The molecule has 0 radical (unpaired) electrons. The summed E-state index contributed by atoms with van der Waals surface area (Å²) in [6.07, 6.45) is 0.961. The number of halogens is 1. The van der Waals surface area contributed by atoms with E-state index in [4.69, 9.17) is 16.2 Å². The van der Waals surface area contributed by atoms with Crippen LogP contribution in [-0.4, -0.2) is 30.3 Å². The van der Waals surface area contributed by atoms with Crippen molar-refractivity contribution in [2.45, 2.75) is 18.4 Å². The third kappa shape index (κ3) is 4.95. The normalized spacial score (nSPS) is 17.6. The molecule has 1 heterocycles. The van der Waals surface area contributed by atoms with Gasteiger partial charge in [-0.15, -0.1) is 0 Å². The molecule has 6 N–H and O–H groups in total. The number of hydrogen-bond donors (Lipinski definition) is 4. The zero-order valence-corrected chi connectivity index (χ0v) is 14.7. The second-order valence-corrected chi connectivity index (χ2v) is 5.96. The highest BCUT2D eigenvalue weighted by Gasteiger charge is 2.46. The van der Waals surface area contributed by atoms with Gasteiger partial charge in [-0.2, -0.15) is 0 Å². The second kappa shape index (κ2) is 9.00. The quantitative estimate of drug-likeness (QED) is 0.647. The lowest BCUT2D eigenvalue weighted by Crippen LogP contribution is -2.55. The average molecular weight is 375 g/mol. The number of urea groups is 1. The number of carboxylic acids is 1. The summed E-state index contributed by atoms with van der Waals surface area (Å²) in [5.74, 6) is -1.70. The molecule has 1 aliphatic heterocycles. The van der Waals surface area contributed by atoms with Gasteiger partial charge in [0.15, 0.2) is 5.54 Å². The molecule has 2 amide bonds. The molecule has 7 nitrogen and oxygen atoms in total. The number of rotatable bonds is 4. The number of aliphatic carboxylic acids is 1.